The molecule has 170 valence electrons. The highest BCUT2D eigenvalue weighted by atomic mass is 16.5. The van der Waals surface area contributed by atoms with E-state index in [9.17, 15) is 9.59 Å². The molecule has 0 unspecified atom stereocenters. The zero-order valence-corrected chi connectivity index (χ0v) is 19.0. The first-order valence-corrected chi connectivity index (χ1v) is 12.6. The third kappa shape index (κ3) is 3.00. The van der Waals surface area contributed by atoms with Gasteiger partial charge in [0.15, 0.2) is 0 Å². The lowest BCUT2D eigenvalue weighted by atomic mass is 9.54. The Morgan fingerprint density at radius 1 is 1.03 bits per heavy atom. The molecule has 4 saturated carbocycles. The van der Waals surface area contributed by atoms with Crippen LogP contribution in [0.25, 0.3) is 5.57 Å². The first-order chi connectivity index (χ1) is 15.6. The minimum atomic E-state index is -0.403. The Morgan fingerprint density at radius 2 is 1.69 bits per heavy atom. The third-order valence-corrected chi connectivity index (χ3v) is 9.13. The van der Waals surface area contributed by atoms with Gasteiger partial charge in [0.1, 0.15) is 0 Å². The molecular formula is C27H34N2O3. The summed E-state index contributed by atoms with van der Waals surface area (Å²) in [5, 5.41) is 6.96. The van der Waals surface area contributed by atoms with Crippen molar-refractivity contribution in [1.29, 1.82) is 0 Å². The molecule has 0 aromatic heterocycles. The lowest BCUT2D eigenvalue weighted by molar-refractivity contribution is -0.136. The molecule has 1 amide bonds. The van der Waals surface area contributed by atoms with Crippen molar-refractivity contribution in [2.75, 3.05) is 19.7 Å². The normalized spacial score (nSPS) is 34.0. The second-order valence-electron chi connectivity index (χ2n) is 10.8. The average molecular weight is 435 g/mol. The largest absolute Gasteiger partial charge is 0.462 e. The molecule has 1 spiro atoms. The van der Waals surface area contributed by atoms with Gasteiger partial charge in [-0.25, -0.2) is 4.79 Å². The number of fused-ring (bicyclic) bond motifs is 2. The number of piperidine rings is 1. The molecule has 6 aliphatic rings. The number of hydrogen-bond donors (Lipinski definition) is 2. The maximum atomic E-state index is 14.1. The van der Waals surface area contributed by atoms with Gasteiger partial charge in [0.05, 0.1) is 12.2 Å². The molecule has 1 aromatic rings. The fourth-order valence-electron chi connectivity index (χ4n) is 8.13. The zero-order valence-electron chi connectivity index (χ0n) is 19.0. The number of rotatable bonds is 4. The van der Waals surface area contributed by atoms with Crippen LogP contribution in [-0.2, 0) is 19.7 Å². The van der Waals surface area contributed by atoms with Crippen molar-refractivity contribution in [3.63, 3.8) is 0 Å². The van der Waals surface area contributed by atoms with Crippen LogP contribution in [0.2, 0.25) is 0 Å². The van der Waals surface area contributed by atoms with Gasteiger partial charge in [-0.2, -0.15) is 0 Å². The molecule has 0 atom stereocenters. The van der Waals surface area contributed by atoms with E-state index in [-0.39, 0.29) is 17.9 Å². The number of nitrogens with one attached hydrogen (secondary N) is 2. The summed E-state index contributed by atoms with van der Waals surface area (Å²) in [6, 6.07) is 8.36. The van der Waals surface area contributed by atoms with Crippen molar-refractivity contribution in [2.45, 2.75) is 63.3 Å². The smallest absolute Gasteiger partial charge is 0.339 e. The summed E-state index contributed by atoms with van der Waals surface area (Å²) in [6.45, 7) is 3.83. The molecule has 0 radical (unpaired) electrons. The van der Waals surface area contributed by atoms with Crippen molar-refractivity contribution < 1.29 is 14.3 Å². The summed E-state index contributed by atoms with van der Waals surface area (Å²) in [7, 11) is 0. The van der Waals surface area contributed by atoms with Crippen LogP contribution >= 0.6 is 0 Å². The van der Waals surface area contributed by atoms with Gasteiger partial charge in [-0.05, 0) is 99.8 Å². The summed E-state index contributed by atoms with van der Waals surface area (Å²) < 4.78 is 5.49. The SMILES string of the molecule is CCOC(=O)C1=C(C(=O)NC2C3CC4CC(C3)CC2C4)C2(CCNCC2)c2ccccc21. The van der Waals surface area contributed by atoms with E-state index in [1.54, 1.807) is 0 Å². The molecule has 4 bridgehead atoms. The number of ether oxygens (including phenoxy) is 1. The fraction of sp³-hybridized carbons (Fsp3) is 0.630. The number of esters is 1. The first-order valence-electron chi connectivity index (χ1n) is 12.6. The van der Waals surface area contributed by atoms with E-state index in [1.807, 2.05) is 25.1 Å². The van der Waals surface area contributed by atoms with Gasteiger partial charge in [0.2, 0.25) is 5.91 Å². The van der Waals surface area contributed by atoms with Gasteiger partial charge in [-0.3, -0.25) is 4.79 Å². The zero-order chi connectivity index (χ0) is 21.9. The Morgan fingerprint density at radius 3 is 2.34 bits per heavy atom. The highest BCUT2D eigenvalue weighted by molar-refractivity contribution is 6.27. The lowest BCUT2D eigenvalue weighted by Crippen LogP contribution is -2.57. The van der Waals surface area contributed by atoms with Gasteiger partial charge in [-0.15, -0.1) is 0 Å². The Kier molecular flexibility index (Phi) is 4.94. The van der Waals surface area contributed by atoms with Gasteiger partial charge in [-0.1, -0.05) is 24.3 Å². The topological polar surface area (TPSA) is 67.4 Å². The number of hydrogen-bond acceptors (Lipinski definition) is 4. The molecule has 1 aromatic carbocycles. The molecule has 1 heterocycles. The quantitative estimate of drug-likeness (QED) is 0.711. The Bertz CT molecular complexity index is 947. The van der Waals surface area contributed by atoms with Gasteiger partial charge < -0.3 is 15.4 Å². The molecule has 2 N–H and O–H groups in total. The van der Waals surface area contributed by atoms with Crippen molar-refractivity contribution >= 4 is 17.4 Å². The molecule has 7 rings (SSSR count). The third-order valence-electron chi connectivity index (χ3n) is 9.13. The van der Waals surface area contributed by atoms with Crippen LogP contribution in [0.5, 0.6) is 0 Å². The maximum absolute atomic E-state index is 14.1. The molecule has 32 heavy (non-hydrogen) atoms. The van der Waals surface area contributed by atoms with Crippen molar-refractivity contribution in [1.82, 2.24) is 10.6 Å². The predicted molar refractivity (Wildman–Crippen MR) is 123 cm³/mol. The molecule has 5 fully saturated rings. The summed E-state index contributed by atoms with van der Waals surface area (Å²) >= 11 is 0. The summed E-state index contributed by atoms with van der Waals surface area (Å²) in [6.07, 6.45) is 8.11. The number of carbonyl (C=O) groups is 2. The van der Waals surface area contributed by atoms with E-state index in [1.165, 1.54) is 32.1 Å². The molecule has 5 heteroatoms. The summed E-state index contributed by atoms with van der Waals surface area (Å²) in [5.74, 6) is 2.57. The molecule has 5 aliphatic carbocycles. The maximum Gasteiger partial charge on any atom is 0.339 e. The van der Waals surface area contributed by atoms with E-state index in [4.69, 9.17) is 4.74 Å². The summed E-state index contributed by atoms with van der Waals surface area (Å²) in [4.78, 5) is 27.3. The highest BCUT2D eigenvalue weighted by Crippen LogP contribution is 2.55. The second-order valence-corrected chi connectivity index (χ2v) is 10.8. The Balaban J connectivity index is 1.40. The molecular weight excluding hydrogens is 400 g/mol. The van der Waals surface area contributed by atoms with Crippen LogP contribution in [0.4, 0.5) is 0 Å². The Hall–Kier alpha value is -2.14. The number of amides is 1. The molecule has 5 nitrogen and oxygen atoms in total. The second kappa shape index (κ2) is 7.72. The number of benzene rings is 1. The van der Waals surface area contributed by atoms with Crippen molar-refractivity contribution in [3.8, 4) is 0 Å². The van der Waals surface area contributed by atoms with Crippen LogP contribution in [0.1, 0.15) is 63.0 Å². The average Bonchev–Trinajstić information content (AvgIpc) is 3.06. The standard InChI is InChI=1S/C27H34N2O3/c1-2-32-26(31)22-20-5-3-4-6-21(20)27(7-9-28-10-8-27)23(22)25(30)29-24-18-12-16-11-17(14-18)15-19(24)13-16/h3-6,16-19,24,28H,2,7-15H2,1H3,(H,29,30). The van der Waals surface area contributed by atoms with E-state index >= 15 is 0 Å². The van der Waals surface area contributed by atoms with Gasteiger partial charge in [0, 0.05) is 17.0 Å². The number of carbonyl (C=O) groups excluding carboxylic acids is 2. The van der Waals surface area contributed by atoms with E-state index in [0.29, 0.717) is 29.6 Å². The van der Waals surface area contributed by atoms with Crippen LogP contribution in [0, 0.1) is 23.7 Å². The minimum Gasteiger partial charge on any atom is -0.462 e. The van der Waals surface area contributed by atoms with Gasteiger partial charge in [0.25, 0.3) is 0 Å². The Labute approximate surface area is 190 Å². The van der Waals surface area contributed by atoms with Crippen molar-refractivity contribution in [2.24, 2.45) is 23.7 Å². The molecule has 1 aliphatic heterocycles. The van der Waals surface area contributed by atoms with Crippen LogP contribution in [0.3, 0.4) is 0 Å². The van der Waals surface area contributed by atoms with Crippen LogP contribution in [0.15, 0.2) is 29.8 Å². The summed E-state index contributed by atoms with van der Waals surface area (Å²) in [5.41, 5.74) is 2.79. The first kappa shape index (κ1) is 20.5. The van der Waals surface area contributed by atoms with Crippen LogP contribution < -0.4 is 10.6 Å². The van der Waals surface area contributed by atoms with E-state index in [0.717, 1.165) is 48.9 Å². The van der Waals surface area contributed by atoms with E-state index in [2.05, 4.69) is 16.7 Å². The van der Waals surface area contributed by atoms with Crippen molar-refractivity contribution in [3.05, 3.63) is 41.0 Å². The van der Waals surface area contributed by atoms with Crippen LogP contribution in [-0.4, -0.2) is 37.6 Å². The molecule has 1 saturated heterocycles. The highest BCUT2D eigenvalue weighted by Gasteiger charge is 2.53. The van der Waals surface area contributed by atoms with E-state index < -0.39 is 5.41 Å². The monoisotopic (exact) mass is 434 g/mol. The predicted octanol–water partition coefficient (Wildman–Crippen LogP) is 3.58. The minimum absolute atomic E-state index is 0.0244. The fourth-order valence-corrected chi connectivity index (χ4v) is 8.13. The van der Waals surface area contributed by atoms with Gasteiger partial charge >= 0.3 is 5.97 Å². The lowest BCUT2D eigenvalue weighted by Gasteiger charge is -2.54.